The Labute approximate surface area is 64.2 Å². The highest BCUT2D eigenvalue weighted by molar-refractivity contribution is 5.43. The molecule has 0 amide bonds. The monoisotopic (exact) mass is 156 g/mol. The molecular weight excluding hydrogens is 147 g/mol. The maximum Gasteiger partial charge on any atom is 0.128 e. The molecule has 0 saturated carbocycles. The first kappa shape index (κ1) is 7.85. The van der Waals surface area contributed by atoms with Gasteiger partial charge in [0.2, 0.25) is 0 Å². The van der Waals surface area contributed by atoms with Gasteiger partial charge in [-0.3, -0.25) is 0 Å². The normalized spacial score (nSPS) is 9.64. The molecule has 0 fully saturated rings. The second-order valence-electron chi connectivity index (χ2n) is 2.09. The number of hydrogen-bond acceptors (Lipinski definition) is 2. The third-order valence-corrected chi connectivity index (χ3v) is 1.46. The lowest BCUT2D eigenvalue weighted by atomic mass is 10.2. The molecule has 0 heterocycles. The van der Waals surface area contributed by atoms with E-state index in [1.165, 1.54) is 13.2 Å². The lowest BCUT2D eigenvalue weighted by molar-refractivity contribution is 0.378. The Morgan fingerprint density at radius 2 is 2.27 bits per heavy atom. The first-order valence-corrected chi connectivity index (χ1v) is 3.20. The van der Waals surface area contributed by atoms with Crippen LogP contribution in [0, 0.1) is 0 Å². The van der Waals surface area contributed by atoms with Crippen molar-refractivity contribution < 1.29 is 14.2 Å². The van der Waals surface area contributed by atoms with Crippen LogP contribution in [0.2, 0.25) is 0 Å². The second-order valence-corrected chi connectivity index (χ2v) is 2.09. The Hall–Kier alpha value is -1.25. The van der Waals surface area contributed by atoms with Crippen LogP contribution in [0.4, 0.5) is 4.39 Å². The fourth-order valence-corrected chi connectivity index (χ4v) is 0.880. The molecule has 1 aromatic carbocycles. The van der Waals surface area contributed by atoms with E-state index < -0.39 is 6.67 Å². The minimum Gasteiger partial charge on any atom is -0.507 e. The summed E-state index contributed by atoms with van der Waals surface area (Å²) in [4.78, 5) is 0. The molecule has 0 aliphatic rings. The Morgan fingerprint density at radius 1 is 1.55 bits per heavy atom. The molecule has 0 aliphatic heterocycles. The number of benzene rings is 1. The zero-order valence-electron chi connectivity index (χ0n) is 6.17. The van der Waals surface area contributed by atoms with Crippen LogP contribution < -0.4 is 4.74 Å². The van der Waals surface area contributed by atoms with Crippen LogP contribution in [-0.4, -0.2) is 12.2 Å². The molecule has 0 saturated heterocycles. The molecule has 1 aromatic rings. The Balaban J connectivity index is 3.13. The van der Waals surface area contributed by atoms with Gasteiger partial charge in [0.05, 0.1) is 12.7 Å². The highest BCUT2D eigenvalue weighted by atomic mass is 19.1. The molecule has 60 valence electrons. The molecule has 0 aromatic heterocycles. The lowest BCUT2D eigenvalue weighted by Crippen LogP contribution is -1.89. The highest BCUT2D eigenvalue weighted by Crippen LogP contribution is 2.27. The number of ether oxygens (including phenoxy) is 1. The summed E-state index contributed by atoms with van der Waals surface area (Å²) in [7, 11) is 1.44. The third-order valence-electron chi connectivity index (χ3n) is 1.46. The van der Waals surface area contributed by atoms with E-state index in [1.807, 2.05) is 0 Å². The fourth-order valence-electron chi connectivity index (χ4n) is 0.880. The van der Waals surface area contributed by atoms with Gasteiger partial charge in [-0.1, -0.05) is 6.07 Å². The summed E-state index contributed by atoms with van der Waals surface area (Å²) >= 11 is 0. The van der Waals surface area contributed by atoms with Crippen LogP contribution in [0.25, 0.3) is 0 Å². The molecule has 1 N–H and O–H groups in total. The van der Waals surface area contributed by atoms with Crippen molar-refractivity contribution in [3.05, 3.63) is 23.8 Å². The highest BCUT2D eigenvalue weighted by Gasteiger charge is 2.06. The van der Waals surface area contributed by atoms with E-state index in [2.05, 4.69) is 0 Å². The average Bonchev–Trinajstić information content (AvgIpc) is 2.04. The van der Waals surface area contributed by atoms with Gasteiger partial charge in [-0.15, -0.1) is 0 Å². The summed E-state index contributed by atoms with van der Waals surface area (Å²) in [5, 5.41) is 9.10. The predicted octanol–water partition coefficient (Wildman–Crippen LogP) is 1.87. The van der Waals surface area contributed by atoms with Crippen LogP contribution in [0.15, 0.2) is 18.2 Å². The summed E-state index contributed by atoms with van der Waals surface area (Å²) < 4.78 is 17.0. The van der Waals surface area contributed by atoms with Crippen molar-refractivity contribution in [3.63, 3.8) is 0 Å². The van der Waals surface area contributed by atoms with Crippen molar-refractivity contribution >= 4 is 0 Å². The van der Waals surface area contributed by atoms with E-state index in [4.69, 9.17) is 9.84 Å². The standard InChI is InChI=1S/C8H9FO2/c1-11-8-4-2-3-7(10)6(8)5-9/h2-4,10H,5H2,1H3. The van der Waals surface area contributed by atoms with Crippen LogP contribution in [-0.2, 0) is 6.67 Å². The topological polar surface area (TPSA) is 29.5 Å². The molecule has 0 radical (unpaired) electrons. The zero-order valence-corrected chi connectivity index (χ0v) is 6.17. The van der Waals surface area contributed by atoms with Gasteiger partial charge < -0.3 is 9.84 Å². The van der Waals surface area contributed by atoms with Crippen LogP contribution in [0.5, 0.6) is 11.5 Å². The van der Waals surface area contributed by atoms with Crippen LogP contribution >= 0.6 is 0 Å². The summed E-state index contributed by atoms with van der Waals surface area (Å²) in [6, 6.07) is 4.64. The lowest BCUT2D eigenvalue weighted by Gasteiger charge is -2.05. The first-order chi connectivity index (χ1) is 5.29. The van der Waals surface area contributed by atoms with E-state index in [0.29, 0.717) is 5.75 Å². The fraction of sp³-hybridized carbons (Fsp3) is 0.250. The van der Waals surface area contributed by atoms with Crippen molar-refractivity contribution in [2.45, 2.75) is 6.67 Å². The molecule has 3 heteroatoms. The molecule has 11 heavy (non-hydrogen) atoms. The van der Waals surface area contributed by atoms with Gasteiger partial charge >= 0.3 is 0 Å². The van der Waals surface area contributed by atoms with Crippen LogP contribution in [0.3, 0.4) is 0 Å². The Morgan fingerprint density at radius 3 is 2.73 bits per heavy atom. The van der Waals surface area contributed by atoms with Gasteiger partial charge in [-0.05, 0) is 12.1 Å². The average molecular weight is 156 g/mol. The maximum atomic E-state index is 12.2. The van der Waals surface area contributed by atoms with Crippen molar-refractivity contribution in [1.82, 2.24) is 0 Å². The van der Waals surface area contributed by atoms with Crippen molar-refractivity contribution in [2.75, 3.05) is 7.11 Å². The van der Waals surface area contributed by atoms with E-state index >= 15 is 0 Å². The van der Waals surface area contributed by atoms with Crippen molar-refractivity contribution in [2.24, 2.45) is 0 Å². The molecule has 0 unspecified atom stereocenters. The van der Waals surface area contributed by atoms with E-state index in [-0.39, 0.29) is 11.3 Å². The van der Waals surface area contributed by atoms with Gasteiger partial charge in [-0.2, -0.15) is 0 Å². The van der Waals surface area contributed by atoms with E-state index in [0.717, 1.165) is 0 Å². The first-order valence-electron chi connectivity index (χ1n) is 3.20. The molecule has 0 spiro atoms. The van der Waals surface area contributed by atoms with Crippen molar-refractivity contribution in [1.29, 1.82) is 0 Å². The van der Waals surface area contributed by atoms with Crippen LogP contribution in [0.1, 0.15) is 5.56 Å². The smallest absolute Gasteiger partial charge is 0.128 e. The van der Waals surface area contributed by atoms with E-state index in [1.54, 1.807) is 12.1 Å². The molecule has 0 atom stereocenters. The van der Waals surface area contributed by atoms with E-state index in [9.17, 15) is 4.39 Å². The van der Waals surface area contributed by atoms with Gasteiger partial charge in [0.1, 0.15) is 18.2 Å². The number of halogens is 1. The zero-order chi connectivity index (χ0) is 8.27. The number of phenolic OH excluding ortho intramolecular Hbond substituents is 1. The summed E-state index contributed by atoms with van der Waals surface area (Å²) in [5.41, 5.74) is 0.204. The van der Waals surface area contributed by atoms with Crippen molar-refractivity contribution in [3.8, 4) is 11.5 Å². The molecule has 1 rings (SSSR count). The number of hydrogen-bond donors (Lipinski definition) is 1. The van der Waals surface area contributed by atoms with Gasteiger partial charge in [0, 0.05) is 0 Å². The summed E-state index contributed by atoms with van der Waals surface area (Å²) in [5.74, 6) is 0.319. The maximum absolute atomic E-state index is 12.2. The summed E-state index contributed by atoms with van der Waals surface area (Å²) in [6.45, 7) is -0.712. The minimum absolute atomic E-state index is 0.0631. The minimum atomic E-state index is -0.712. The molecule has 0 aliphatic carbocycles. The Bertz CT molecular complexity index is 248. The Kier molecular flexibility index (Phi) is 2.31. The molecule has 2 nitrogen and oxygen atoms in total. The molecule has 0 bridgehead atoms. The van der Waals surface area contributed by atoms with Gasteiger partial charge in [-0.25, -0.2) is 4.39 Å². The largest absolute Gasteiger partial charge is 0.507 e. The number of methoxy groups -OCH3 is 1. The number of rotatable bonds is 2. The SMILES string of the molecule is COc1cccc(O)c1CF. The predicted molar refractivity (Wildman–Crippen MR) is 39.5 cm³/mol. The summed E-state index contributed by atoms with van der Waals surface area (Å²) in [6.07, 6.45) is 0. The quantitative estimate of drug-likeness (QED) is 0.708. The number of alkyl halides is 1. The number of aromatic hydroxyl groups is 1. The second kappa shape index (κ2) is 3.23. The van der Waals surface area contributed by atoms with Gasteiger partial charge in [0.15, 0.2) is 0 Å². The number of phenols is 1. The molecular formula is C8H9FO2. The third kappa shape index (κ3) is 1.42. The van der Waals surface area contributed by atoms with Gasteiger partial charge in [0.25, 0.3) is 0 Å².